The lowest BCUT2D eigenvalue weighted by Gasteiger charge is -2.27. The van der Waals surface area contributed by atoms with Crippen molar-refractivity contribution in [2.24, 2.45) is 0 Å². The van der Waals surface area contributed by atoms with E-state index in [1.54, 1.807) is 24.4 Å². The first-order valence-corrected chi connectivity index (χ1v) is 9.86. The number of methoxy groups -OCH3 is 1. The second-order valence-electron chi connectivity index (χ2n) is 6.21. The van der Waals surface area contributed by atoms with Crippen molar-refractivity contribution >= 4 is 21.5 Å². The molecule has 134 valence electrons. The molecule has 2 aromatic rings. The van der Waals surface area contributed by atoms with Crippen molar-refractivity contribution in [2.75, 3.05) is 29.8 Å². The van der Waals surface area contributed by atoms with Gasteiger partial charge in [-0.1, -0.05) is 6.07 Å². The van der Waals surface area contributed by atoms with Crippen LogP contribution in [0.5, 0.6) is 5.75 Å². The topological polar surface area (TPSA) is 71.5 Å². The van der Waals surface area contributed by atoms with Crippen molar-refractivity contribution in [2.45, 2.75) is 31.1 Å². The van der Waals surface area contributed by atoms with Gasteiger partial charge < -0.3 is 9.64 Å². The Labute approximate surface area is 148 Å². The first kappa shape index (κ1) is 17.5. The zero-order valence-corrected chi connectivity index (χ0v) is 15.3. The Hall–Kier alpha value is -2.28. The molecule has 0 atom stereocenters. The molecule has 25 heavy (non-hydrogen) atoms. The number of anilines is 2. The predicted octanol–water partition coefficient (Wildman–Crippen LogP) is 3.19. The smallest absolute Gasteiger partial charge is 0.265 e. The molecule has 7 heteroatoms. The van der Waals surface area contributed by atoms with Crippen LogP contribution in [0.25, 0.3) is 0 Å². The molecule has 1 aromatic carbocycles. The number of ether oxygens (including phenoxy) is 1. The number of nitrogens with one attached hydrogen (secondary N) is 1. The number of rotatable bonds is 5. The third kappa shape index (κ3) is 4.04. The van der Waals surface area contributed by atoms with Crippen LogP contribution in [0.2, 0.25) is 0 Å². The van der Waals surface area contributed by atoms with E-state index in [0.717, 1.165) is 24.5 Å². The molecule has 1 N–H and O–H groups in total. The third-order valence-electron chi connectivity index (χ3n) is 4.29. The van der Waals surface area contributed by atoms with Crippen LogP contribution in [0, 0.1) is 6.92 Å². The Kier molecular flexibility index (Phi) is 5.13. The van der Waals surface area contributed by atoms with Crippen molar-refractivity contribution in [1.29, 1.82) is 0 Å². The highest BCUT2D eigenvalue weighted by atomic mass is 32.2. The van der Waals surface area contributed by atoms with E-state index in [4.69, 9.17) is 4.74 Å². The minimum Gasteiger partial charge on any atom is -0.495 e. The Bertz CT molecular complexity index is 829. The monoisotopic (exact) mass is 361 g/mol. The van der Waals surface area contributed by atoms with Gasteiger partial charge in [0.15, 0.2) is 0 Å². The quantitative estimate of drug-likeness (QED) is 0.885. The van der Waals surface area contributed by atoms with Crippen molar-refractivity contribution in [1.82, 2.24) is 4.98 Å². The Morgan fingerprint density at radius 3 is 2.52 bits per heavy atom. The van der Waals surface area contributed by atoms with E-state index in [1.165, 1.54) is 26.4 Å². The molecule has 0 radical (unpaired) electrons. The SMILES string of the molecule is COc1ccc(C)cc1S(=O)(=O)Nc1ccc(N2CCCCC2)nc1. The summed E-state index contributed by atoms with van der Waals surface area (Å²) in [6.07, 6.45) is 5.16. The van der Waals surface area contributed by atoms with Gasteiger partial charge in [0.25, 0.3) is 10.0 Å². The normalized spacial score (nSPS) is 15.0. The lowest BCUT2D eigenvalue weighted by Crippen LogP contribution is -2.30. The summed E-state index contributed by atoms with van der Waals surface area (Å²) in [5.74, 6) is 1.20. The van der Waals surface area contributed by atoms with Gasteiger partial charge in [0.2, 0.25) is 0 Å². The van der Waals surface area contributed by atoms with Gasteiger partial charge in [-0.25, -0.2) is 13.4 Å². The summed E-state index contributed by atoms with van der Waals surface area (Å²) in [6.45, 7) is 3.84. The first-order valence-electron chi connectivity index (χ1n) is 8.38. The molecule has 6 nitrogen and oxygen atoms in total. The summed E-state index contributed by atoms with van der Waals surface area (Å²) >= 11 is 0. The van der Waals surface area contributed by atoms with Gasteiger partial charge >= 0.3 is 0 Å². The average molecular weight is 361 g/mol. The highest BCUT2D eigenvalue weighted by Crippen LogP contribution is 2.27. The van der Waals surface area contributed by atoms with Gasteiger partial charge in [-0.2, -0.15) is 0 Å². The predicted molar refractivity (Wildman–Crippen MR) is 98.8 cm³/mol. The number of nitrogens with zero attached hydrogens (tertiary/aromatic N) is 2. The van der Waals surface area contributed by atoms with Crippen LogP contribution in [0.4, 0.5) is 11.5 Å². The number of aryl methyl sites for hydroxylation is 1. The molecular formula is C18H23N3O3S. The molecule has 1 aliphatic rings. The summed E-state index contributed by atoms with van der Waals surface area (Å²) in [5, 5.41) is 0. The number of sulfonamides is 1. The molecule has 3 rings (SSSR count). The number of hydrogen-bond donors (Lipinski definition) is 1. The molecule has 1 saturated heterocycles. The minimum absolute atomic E-state index is 0.120. The molecule has 0 saturated carbocycles. The Morgan fingerprint density at radius 2 is 1.88 bits per heavy atom. The lowest BCUT2D eigenvalue weighted by atomic mass is 10.1. The maximum Gasteiger partial charge on any atom is 0.265 e. The third-order valence-corrected chi connectivity index (χ3v) is 5.69. The van der Waals surface area contributed by atoms with E-state index in [1.807, 2.05) is 19.1 Å². The van der Waals surface area contributed by atoms with Crippen LogP contribution in [0.15, 0.2) is 41.4 Å². The molecule has 1 fully saturated rings. The van der Waals surface area contributed by atoms with E-state index in [9.17, 15) is 8.42 Å². The van der Waals surface area contributed by atoms with Crippen LogP contribution in [0.3, 0.4) is 0 Å². The molecule has 0 amide bonds. The molecular weight excluding hydrogens is 338 g/mol. The molecule has 2 heterocycles. The van der Waals surface area contributed by atoms with E-state index in [2.05, 4.69) is 14.6 Å². The zero-order chi connectivity index (χ0) is 17.9. The van der Waals surface area contributed by atoms with Crippen LogP contribution in [-0.2, 0) is 10.0 Å². The van der Waals surface area contributed by atoms with Crippen LogP contribution in [0.1, 0.15) is 24.8 Å². The van der Waals surface area contributed by atoms with Crippen LogP contribution < -0.4 is 14.4 Å². The second-order valence-corrected chi connectivity index (χ2v) is 7.86. The highest BCUT2D eigenvalue weighted by molar-refractivity contribution is 7.92. The number of aromatic nitrogens is 1. The van der Waals surface area contributed by atoms with Crippen molar-refractivity contribution in [3.05, 3.63) is 42.1 Å². The van der Waals surface area contributed by atoms with E-state index in [-0.39, 0.29) is 4.90 Å². The fourth-order valence-corrected chi connectivity index (χ4v) is 4.26. The van der Waals surface area contributed by atoms with Crippen LogP contribution in [-0.4, -0.2) is 33.6 Å². The fourth-order valence-electron chi connectivity index (χ4n) is 2.96. The highest BCUT2D eigenvalue weighted by Gasteiger charge is 2.20. The maximum atomic E-state index is 12.7. The van der Waals surface area contributed by atoms with Crippen molar-refractivity contribution in [3.63, 3.8) is 0 Å². The van der Waals surface area contributed by atoms with Gasteiger partial charge in [-0.15, -0.1) is 0 Å². The number of hydrogen-bond acceptors (Lipinski definition) is 5. The summed E-state index contributed by atoms with van der Waals surface area (Å²) in [5.41, 5.74) is 1.28. The molecule has 1 aromatic heterocycles. The number of benzene rings is 1. The summed E-state index contributed by atoms with van der Waals surface area (Å²) in [7, 11) is -2.29. The molecule has 0 aliphatic carbocycles. The molecule has 1 aliphatic heterocycles. The maximum absolute atomic E-state index is 12.7. The standard InChI is InChI=1S/C18H23N3O3S/c1-14-6-8-16(24-2)17(12-14)25(22,23)20-15-7-9-18(19-13-15)21-10-4-3-5-11-21/h6-9,12-13,20H,3-5,10-11H2,1-2H3. The van der Waals surface area contributed by atoms with Crippen molar-refractivity contribution < 1.29 is 13.2 Å². The van der Waals surface area contributed by atoms with E-state index < -0.39 is 10.0 Å². The minimum atomic E-state index is -3.74. The lowest BCUT2D eigenvalue weighted by molar-refractivity contribution is 0.402. The summed E-state index contributed by atoms with van der Waals surface area (Å²) in [6, 6.07) is 8.67. The van der Waals surface area contributed by atoms with Gasteiger partial charge in [0.1, 0.15) is 16.5 Å². The van der Waals surface area contributed by atoms with E-state index >= 15 is 0 Å². The van der Waals surface area contributed by atoms with Gasteiger partial charge in [-0.05, 0) is 56.0 Å². The van der Waals surface area contributed by atoms with E-state index in [0.29, 0.717) is 11.4 Å². The van der Waals surface area contributed by atoms with Crippen molar-refractivity contribution in [3.8, 4) is 5.75 Å². The first-order chi connectivity index (χ1) is 12.0. The second kappa shape index (κ2) is 7.31. The van der Waals surface area contributed by atoms with Gasteiger partial charge in [-0.3, -0.25) is 4.72 Å². The summed E-state index contributed by atoms with van der Waals surface area (Å²) in [4.78, 5) is 6.76. The van der Waals surface area contributed by atoms with Gasteiger partial charge in [0.05, 0.1) is 19.0 Å². The zero-order valence-electron chi connectivity index (χ0n) is 14.5. The molecule has 0 spiro atoms. The fraction of sp³-hybridized carbons (Fsp3) is 0.389. The molecule has 0 unspecified atom stereocenters. The summed E-state index contributed by atoms with van der Waals surface area (Å²) < 4.78 is 33.1. The molecule has 0 bridgehead atoms. The van der Waals surface area contributed by atoms with Gasteiger partial charge in [0, 0.05) is 13.1 Å². The average Bonchev–Trinajstić information content (AvgIpc) is 2.63. The number of piperidine rings is 1. The number of pyridine rings is 1. The largest absolute Gasteiger partial charge is 0.495 e. The van der Waals surface area contributed by atoms with Crippen LogP contribution >= 0.6 is 0 Å². The Morgan fingerprint density at radius 1 is 1.12 bits per heavy atom. The Balaban J connectivity index is 1.80.